The number of fused-ring (bicyclic) bond motifs is 2. The van der Waals surface area contributed by atoms with Crippen molar-refractivity contribution in [3.8, 4) is 0 Å². The molecule has 0 saturated heterocycles. The second kappa shape index (κ2) is 11.3. The van der Waals surface area contributed by atoms with E-state index in [0.29, 0.717) is 39.1 Å². The van der Waals surface area contributed by atoms with E-state index in [2.05, 4.69) is 40.2 Å². The molecule has 1 N–H and O–H groups in total. The highest BCUT2D eigenvalue weighted by Crippen LogP contribution is 2.18. The second-order valence-electron chi connectivity index (χ2n) is 8.54. The molecule has 0 unspecified atom stereocenters. The summed E-state index contributed by atoms with van der Waals surface area (Å²) in [6.07, 6.45) is 6.51. The van der Waals surface area contributed by atoms with Crippen LogP contribution in [0.4, 0.5) is 0 Å². The van der Waals surface area contributed by atoms with E-state index in [9.17, 15) is 9.90 Å². The average Bonchev–Trinajstić information content (AvgIpc) is 3.22. The lowest BCUT2D eigenvalue weighted by Crippen LogP contribution is -2.47. The van der Waals surface area contributed by atoms with E-state index < -0.39 is 0 Å². The fraction of sp³-hybridized carbons (Fsp3) is 0.636. The van der Waals surface area contributed by atoms with Crippen molar-refractivity contribution in [3.05, 3.63) is 42.0 Å². The summed E-state index contributed by atoms with van der Waals surface area (Å²) in [5.74, 6) is 0.126. The molecule has 0 fully saturated rings. The van der Waals surface area contributed by atoms with Gasteiger partial charge in [-0.05, 0) is 32.0 Å². The normalized spacial score (nSPS) is 22.0. The zero-order chi connectivity index (χ0) is 22.2. The minimum Gasteiger partial charge on any atom is -0.394 e. The van der Waals surface area contributed by atoms with Gasteiger partial charge in [0.05, 0.1) is 31.6 Å². The summed E-state index contributed by atoms with van der Waals surface area (Å²) < 4.78 is 8.06. The van der Waals surface area contributed by atoms with Gasteiger partial charge in [-0.1, -0.05) is 18.2 Å². The van der Waals surface area contributed by atoms with Gasteiger partial charge in [0.2, 0.25) is 5.91 Å². The number of aryl methyl sites for hydroxylation is 1. The van der Waals surface area contributed by atoms with E-state index in [-0.39, 0.29) is 30.6 Å². The van der Waals surface area contributed by atoms with Crippen LogP contribution in [0.2, 0.25) is 0 Å². The van der Waals surface area contributed by atoms with Gasteiger partial charge in [0.1, 0.15) is 5.69 Å². The summed E-state index contributed by atoms with van der Waals surface area (Å²) in [5, 5.41) is 18.1. The van der Waals surface area contributed by atoms with Crippen molar-refractivity contribution in [1.82, 2.24) is 29.8 Å². The SMILES string of the molecule is C[C@@H]1CN([C@H](C)CO)C(=O)CCCn2cc(nn2)CO[C@@H]1CN(C)Cc1cccnc1. The zero-order valence-corrected chi connectivity index (χ0v) is 18.7. The smallest absolute Gasteiger partial charge is 0.222 e. The molecule has 2 aromatic rings. The van der Waals surface area contributed by atoms with Crippen molar-refractivity contribution >= 4 is 5.91 Å². The van der Waals surface area contributed by atoms with Gasteiger partial charge in [-0.3, -0.25) is 19.4 Å². The first-order chi connectivity index (χ1) is 15.0. The molecule has 1 amide bonds. The Bertz CT molecular complexity index is 815. The summed E-state index contributed by atoms with van der Waals surface area (Å²) in [6, 6.07) is 3.76. The number of aromatic nitrogens is 4. The highest BCUT2D eigenvalue weighted by Gasteiger charge is 2.28. The van der Waals surface area contributed by atoms with Crippen molar-refractivity contribution < 1.29 is 14.6 Å². The van der Waals surface area contributed by atoms with E-state index in [4.69, 9.17) is 4.74 Å². The van der Waals surface area contributed by atoms with E-state index in [0.717, 1.165) is 17.8 Å². The van der Waals surface area contributed by atoms with E-state index >= 15 is 0 Å². The number of ether oxygens (including phenoxy) is 1. The Labute approximate surface area is 184 Å². The predicted octanol–water partition coefficient (Wildman–Crippen LogP) is 1.33. The summed E-state index contributed by atoms with van der Waals surface area (Å²) in [7, 11) is 2.06. The maximum atomic E-state index is 12.9. The molecule has 2 bridgehead atoms. The number of amides is 1. The van der Waals surface area contributed by atoms with Crippen LogP contribution in [-0.2, 0) is 29.2 Å². The molecular weight excluding hydrogens is 396 g/mol. The molecule has 0 saturated carbocycles. The molecule has 0 spiro atoms. The third kappa shape index (κ3) is 6.81. The zero-order valence-electron chi connectivity index (χ0n) is 18.7. The number of hydrogen-bond acceptors (Lipinski definition) is 7. The van der Waals surface area contributed by atoms with Gasteiger partial charge in [-0.25, -0.2) is 0 Å². The van der Waals surface area contributed by atoms with Crippen LogP contribution in [-0.4, -0.2) is 79.7 Å². The molecule has 0 aliphatic carbocycles. The Morgan fingerprint density at radius 2 is 2.26 bits per heavy atom. The maximum Gasteiger partial charge on any atom is 0.222 e. The van der Waals surface area contributed by atoms with Gasteiger partial charge in [-0.2, -0.15) is 0 Å². The quantitative estimate of drug-likeness (QED) is 0.738. The molecule has 3 atom stereocenters. The largest absolute Gasteiger partial charge is 0.394 e. The van der Waals surface area contributed by atoms with Crippen LogP contribution in [0, 0.1) is 5.92 Å². The van der Waals surface area contributed by atoms with Crippen LogP contribution in [0.25, 0.3) is 0 Å². The monoisotopic (exact) mass is 430 g/mol. The highest BCUT2D eigenvalue weighted by atomic mass is 16.5. The van der Waals surface area contributed by atoms with E-state index in [1.807, 2.05) is 25.4 Å². The molecule has 170 valence electrons. The molecule has 1 aliphatic heterocycles. The first-order valence-corrected chi connectivity index (χ1v) is 10.9. The number of aliphatic hydroxyl groups is 1. The lowest BCUT2D eigenvalue weighted by Gasteiger charge is -2.35. The Balaban J connectivity index is 1.76. The second-order valence-corrected chi connectivity index (χ2v) is 8.54. The molecule has 3 heterocycles. The Morgan fingerprint density at radius 3 is 3.00 bits per heavy atom. The van der Waals surface area contributed by atoms with Crippen LogP contribution >= 0.6 is 0 Å². The predicted molar refractivity (Wildman–Crippen MR) is 116 cm³/mol. The van der Waals surface area contributed by atoms with Crippen LogP contribution < -0.4 is 0 Å². The Hall–Kier alpha value is -2.36. The molecule has 1 aliphatic rings. The van der Waals surface area contributed by atoms with Gasteiger partial charge in [-0.15, -0.1) is 5.10 Å². The van der Waals surface area contributed by atoms with E-state index in [1.54, 1.807) is 15.8 Å². The van der Waals surface area contributed by atoms with Gasteiger partial charge in [0.25, 0.3) is 0 Å². The van der Waals surface area contributed by atoms with Gasteiger partial charge >= 0.3 is 0 Å². The number of hydrogen-bond donors (Lipinski definition) is 1. The third-order valence-electron chi connectivity index (χ3n) is 5.71. The Morgan fingerprint density at radius 1 is 1.42 bits per heavy atom. The third-order valence-corrected chi connectivity index (χ3v) is 5.71. The van der Waals surface area contributed by atoms with Crippen molar-refractivity contribution in [2.75, 3.05) is 26.7 Å². The first kappa shape index (κ1) is 23.3. The van der Waals surface area contributed by atoms with Crippen LogP contribution in [0.3, 0.4) is 0 Å². The standard InChI is InChI=1S/C22H34N6O3/c1-17-11-28(18(2)15-29)22(30)7-5-9-27-13-20(24-25-27)16-31-21(17)14-26(3)12-19-6-4-8-23-10-19/h4,6,8,10,13,17-18,21,29H,5,7,9,11-12,14-16H2,1-3H3/t17-,18-,21-/m1/s1. The summed E-state index contributed by atoms with van der Waals surface area (Å²) in [6.45, 7) is 6.92. The molecule has 3 rings (SSSR count). The summed E-state index contributed by atoms with van der Waals surface area (Å²) in [4.78, 5) is 21.1. The van der Waals surface area contributed by atoms with Crippen LogP contribution in [0.1, 0.15) is 37.9 Å². The van der Waals surface area contributed by atoms with Crippen molar-refractivity contribution in [2.45, 2.75) is 58.5 Å². The van der Waals surface area contributed by atoms with Crippen LogP contribution in [0.5, 0.6) is 0 Å². The number of likely N-dealkylation sites (N-methyl/N-ethyl adjacent to an activating group) is 1. The molecule has 0 radical (unpaired) electrons. The molecule has 31 heavy (non-hydrogen) atoms. The average molecular weight is 431 g/mol. The van der Waals surface area contributed by atoms with Crippen molar-refractivity contribution in [3.63, 3.8) is 0 Å². The topological polar surface area (TPSA) is 96.6 Å². The molecule has 0 aromatic carbocycles. The lowest BCUT2D eigenvalue weighted by molar-refractivity contribution is -0.136. The molecule has 9 heteroatoms. The van der Waals surface area contributed by atoms with Gasteiger partial charge < -0.3 is 14.7 Å². The van der Waals surface area contributed by atoms with Gasteiger partial charge in [0.15, 0.2) is 0 Å². The van der Waals surface area contributed by atoms with Gasteiger partial charge in [0, 0.05) is 50.9 Å². The number of carbonyl (C=O) groups is 1. The van der Waals surface area contributed by atoms with E-state index in [1.165, 1.54) is 0 Å². The minimum atomic E-state index is -0.230. The molecule has 9 nitrogen and oxygen atoms in total. The maximum absolute atomic E-state index is 12.9. The highest BCUT2D eigenvalue weighted by molar-refractivity contribution is 5.76. The lowest BCUT2D eigenvalue weighted by atomic mass is 10.0. The fourth-order valence-electron chi connectivity index (χ4n) is 3.87. The number of aliphatic hydroxyl groups excluding tert-OH is 1. The number of carbonyl (C=O) groups excluding carboxylic acids is 1. The van der Waals surface area contributed by atoms with Crippen molar-refractivity contribution in [2.24, 2.45) is 5.92 Å². The summed E-state index contributed by atoms with van der Waals surface area (Å²) in [5.41, 5.74) is 1.93. The van der Waals surface area contributed by atoms with Crippen LogP contribution in [0.15, 0.2) is 30.7 Å². The minimum absolute atomic E-state index is 0.0513. The Kier molecular flexibility index (Phi) is 8.51. The molecular formula is C22H34N6O3. The number of pyridine rings is 1. The number of rotatable bonds is 6. The fourth-order valence-corrected chi connectivity index (χ4v) is 3.87. The first-order valence-electron chi connectivity index (χ1n) is 10.9. The van der Waals surface area contributed by atoms with Crippen molar-refractivity contribution in [1.29, 1.82) is 0 Å². The summed E-state index contributed by atoms with van der Waals surface area (Å²) >= 11 is 0. The number of nitrogens with zero attached hydrogens (tertiary/aromatic N) is 6. The molecule has 2 aromatic heterocycles.